The van der Waals surface area contributed by atoms with Gasteiger partial charge in [-0.2, -0.15) is 0 Å². The normalized spacial score (nSPS) is 27.2. The average molecular weight is 513 g/mol. The Hall–Kier alpha value is -3.87. The first kappa shape index (κ1) is 24.5. The Morgan fingerprint density at radius 1 is 0.789 bits per heavy atom. The molecule has 0 aliphatic heterocycles. The molecule has 0 saturated heterocycles. The zero-order valence-corrected chi connectivity index (χ0v) is 21.2. The highest BCUT2D eigenvalue weighted by molar-refractivity contribution is 5.98. The van der Waals surface area contributed by atoms with Gasteiger partial charge in [0, 0.05) is 24.2 Å². The molecule has 38 heavy (non-hydrogen) atoms. The molecule has 4 bridgehead atoms. The predicted octanol–water partition coefficient (Wildman–Crippen LogP) is 4.66. The molecule has 0 heterocycles. The molecule has 4 aliphatic carbocycles. The first-order chi connectivity index (χ1) is 18.4. The van der Waals surface area contributed by atoms with E-state index in [0.717, 1.165) is 30.0 Å². The third-order valence-electron chi connectivity index (χ3n) is 8.74. The first-order valence-corrected chi connectivity index (χ1v) is 13.5. The number of nitrogens with one attached hydrogen (secondary N) is 2. The number of carboxylic acids is 1. The standard InChI is InChI=1S/C31H32N2O5/c34-28(32-11-12-33-29(35)23-6-5-20-3-1-2-4-22(20)15-23)21-7-9-26(10-8-21)38-27-24-13-19-14-25(27)18-31(16-19,17-24)30(36)37/h1-10,15,19,24-25,27H,11-14,16-18H2,(H,32,34)(H,33,35)(H,36,37). The maximum Gasteiger partial charge on any atom is 0.309 e. The van der Waals surface area contributed by atoms with Gasteiger partial charge in [0.25, 0.3) is 11.8 Å². The number of aliphatic carboxylic acids is 1. The van der Waals surface area contributed by atoms with Gasteiger partial charge in [-0.25, -0.2) is 0 Å². The SMILES string of the molecule is O=C(NCCNC(=O)c1ccc2ccccc2c1)c1ccc(OC2C3CC4CC2CC(C(=O)O)(C4)C3)cc1. The van der Waals surface area contributed by atoms with Crippen molar-refractivity contribution in [3.63, 3.8) is 0 Å². The van der Waals surface area contributed by atoms with Crippen LogP contribution in [0.2, 0.25) is 0 Å². The lowest BCUT2D eigenvalue weighted by atomic mass is 9.48. The molecule has 2 amide bonds. The van der Waals surface area contributed by atoms with Crippen LogP contribution in [0.1, 0.15) is 52.8 Å². The van der Waals surface area contributed by atoms with Crippen LogP contribution in [-0.2, 0) is 4.79 Å². The fourth-order valence-electron chi connectivity index (χ4n) is 7.16. The number of fused-ring (bicyclic) bond motifs is 1. The van der Waals surface area contributed by atoms with E-state index in [1.807, 2.05) is 48.5 Å². The number of amides is 2. The predicted molar refractivity (Wildman–Crippen MR) is 143 cm³/mol. The van der Waals surface area contributed by atoms with Gasteiger partial charge in [0.2, 0.25) is 0 Å². The second-order valence-electron chi connectivity index (χ2n) is 11.2. The van der Waals surface area contributed by atoms with Crippen molar-refractivity contribution < 1.29 is 24.2 Å². The molecule has 0 aromatic heterocycles. The van der Waals surface area contributed by atoms with E-state index in [1.165, 1.54) is 0 Å². The van der Waals surface area contributed by atoms with Gasteiger partial charge in [-0.05, 0) is 97.0 Å². The summed E-state index contributed by atoms with van der Waals surface area (Å²) >= 11 is 0. The summed E-state index contributed by atoms with van der Waals surface area (Å²) in [5, 5.41) is 17.6. The number of ether oxygens (including phenoxy) is 1. The molecule has 4 aliphatic rings. The highest BCUT2D eigenvalue weighted by Crippen LogP contribution is 2.60. The summed E-state index contributed by atoms with van der Waals surface area (Å²) in [6, 6.07) is 20.6. The summed E-state index contributed by atoms with van der Waals surface area (Å²) in [5.74, 6) is 0.757. The summed E-state index contributed by atoms with van der Waals surface area (Å²) in [5.41, 5.74) is 0.559. The molecule has 3 aromatic carbocycles. The smallest absolute Gasteiger partial charge is 0.309 e. The Morgan fingerprint density at radius 3 is 2.05 bits per heavy atom. The van der Waals surface area contributed by atoms with Gasteiger partial charge in [-0.15, -0.1) is 0 Å². The minimum atomic E-state index is -0.640. The molecular weight excluding hydrogens is 480 g/mol. The van der Waals surface area contributed by atoms with Gasteiger partial charge in [-0.3, -0.25) is 14.4 Å². The molecule has 4 fully saturated rings. The molecule has 4 saturated carbocycles. The molecule has 7 heteroatoms. The van der Waals surface area contributed by atoms with Crippen LogP contribution >= 0.6 is 0 Å². The Morgan fingerprint density at radius 2 is 1.39 bits per heavy atom. The Balaban J connectivity index is 0.985. The van der Waals surface area contributed by atoms with E-state index in [1.54, 1.807) is 18.2 Å². The number of benzene rings is 3. The van der Waals surface area contributed by atoms with Crippen LogP contribution in [0.15, 0.2) is 66.7 Å². The van der Waals surface area contributed by atoms with Crippen LogP contribution in [-0.4, -0.2) is 42.1 Å². The first-order valence-electron chi connectivity index (χ1n) is 13.5. The number of rotatable bonds is 8. The maximum absolute atomic E-state index is 12.6. The summed E-state index contributed by atoms with van der Waals surface area (Å²) in [6.45, 7) is 0.635. The Labute approximate surface area is 221 Å². The third-order valence-corrected chi connectivity index (χ3v) is 8.74. The molecule has 3 aromatic rings. The van der Waals surface area contributed by atoms with E-state index in [2.05, 4.69) is 10.6 Å². The number of hydrogen-bond acceptors (Lipinski definition) is 4. The molecule has 0 radical (unpaired) electrons. The molecule has 7 rings (SSSR count). The lowest BCUT2D eigenvalue weighted by Gasteiger charge is -2.57. The zero-order valence-electron chi connectivity index (χ0n) is 21.2. The van der Waals surface area contributed by atoms with Crippen LogP contribution < -0.4 is 15.4 Å². The van der Waals surface area contributed by atoms with Gasteiger partial charge < -0.3 is 20.5 Å². The van der Waals surface area contributed by atoms with Gasteiger partial charge in [0.1, 0.15) is 11.9 Å². The van der Waals surface area contributed by atoms with Gasteiger partial charge in [0.15, 0.2) is 0 Å². The fourth-order valence-corrected chi connectivity index (χ4v) is 7.16. The van der Waals surface area contributed by atoms with E-state index in [4.69, 9.17) is 4.74 Å². The van der Waals surface area contributed by atoms with Gasteiger partial charge in [0.05, 0.1) is 5.41 Å². The Kier molecular flexibility index (Phi) is 6.30. The van der Waals surface area contributed by atoms with Crippen molar-refractivity contribution in [1.82, 2.24) is 10.6 Å². The highest BCUT2D eigenvalue weighted by atomic mass is 16.5. The zero-order chi connectivity index (χ0) is 26.3. The summed E-state index contributed by atoms with van der Waals surface area (Å²) in [6.07, 6.45) is 4.38. The van der Waals surface area contributed by atoms with Crippen molar-refractivity contribution >= 4 is 28.6 Å². The van der Waals surface area contributed by atoms with E-state index in [0.29, 0.717) is 48.7 Å². The second-order valence-corrected chi connectivity index (χ2v) is 11.2. The van der Waals surface area contributed by atoms with Crippen molar-refractivity contribution in [2.75, 3.05) is 13.1 Å². The summed E-state index contributed by atoms with van der Waals surface area (Å²) in [7, 11) is 0. The van der Waals surface area contributed by atoms with Crippen LogP contribution in [0.25, 0.3) is 10.8 Å². The molecule has 0 spiro atoms. The van der Waals surface area contributed by atoms with Crippen LogP contribution in [0.5, 0.6) is 5.75 Å². The number of carbonyl (C=O) groups is 3. The van der Waals surface area contributed by atoms with E-state index < -0.39 is 11.4 Å². The summed E-state index contributed by atoms with van der Waals surface area (Å²) < 4.78 is 6.37. The number of hydrogen-bond donors (Lipinski definition) is 3. The van der Waals surface area contributed by atoms with Gasteiger partial charge >= 0.3 is 5.97 Å². The van der Waals surface area contributed by atoms with E-state index >= 15 is 0 Å². The van der Waals surface area contributed by atoms with E-state index in [-0.39, 0.29) is 29.8 Å². The minimum absolute atomic E-state index is 0.0462. The van der Waals surface area contributed by atoms with Crippen molar-refractivity contribution in [2.45, 2.75) is 38.2 Å². The van der Waals surface area contributed by atoms with Crippen molar-refractivity contribution in [2.24, 2.45) is 23.2 Å². The summed E-state index contributed by atoms with van der Waals surface area (Å²) in [4.78, 5) is 37.0. The van der Waals surface area contributed by atoms with E-state index in [9.17, 15) is 19.5 Å². The van der Waals surface area contributed by atoms with Crippen molar-refractivity contribution in [3.05, 3.63) is 77.9 Å². The van der Waals surface area contributed by atoms with Crippen LogP contribution in [0, 0.1) is 23.2 Å². The molecule has 3 N–H and O–H groups in total. The van der Waals surface area contributed by atoms with Crippen molar-refractivity contribution in [1.29, 1.82) is 0 Å². The Bertz CT molecular complexity index is 1370. The number of carboxylic acid groups (broad SMARTS) is 1. The lowest BCUT2D eigenvalue weighted by Crippen LogP contribution is -2.57. The maximum atomic E-state index is 12.6. The number of carbonyl (C=O) groups excluding carboxylic acids is 2. The average Bonchev–Trinajstić information content (AvgIpc) is 2.92. The lowest BCUT2D eigenvalue weighted by molar-refractivity contribution is -0.175. The topological polar surface area (TPSA) is 105 Å². The minimum Gasteiger partial charge on any atom is -0.490 e. The molecule has 196 valence electrons. The molecule has 7 nitrogen and oxygen atoms in total. The van der Waals surface area contributed by atoms with Crippen molar-refractivity contribution in [3.8, 4) is 5.75 Å². The van der Waals surface area contributed by atoms with Crippen LogP contribution in [0.4, 0.5) is 0 Å². The molecule has 2 atom stereocenters. The fraction of sp³-hybridized carbons (Fsp3) is 0.387. The van der Waals surface area contributed by atoms with Gasteiger partial charge in [-0.1, -0.05) is 30.3 Å². The second kappa shape index (κ2) is 9.78. The third kappa shape index (κ3) is 4.62. The molecule has 2 unspecified atom stereocenters. The van der Waals surface area contributed by atoms with Crippen LogP contribution in [0.3, 0.4) is 0 Å². The molecular formula is C31H32N2O5. The quantitative estimate of drug-likeness (QED) is 0.381. The monoisotopic (exact) mass is 512 g/mol. The largest absolute Gasteiger partial charge is 0.490 e. The highest BCUT2D eigenvalue weighted by Gasteiger charge is 2.59.